The van der Waals surface area contributed by atoms with Gasteiger partial charge in [-0.25, -0.2) is 0 Å². The van der Waals surface area contributed by atoms with Gasteiger partial charge in [-0.05, 0) is 12.2 Å². The van der Waals surface area contributed by atoms with E-state index in [-0.39, 0.29) is 26.2 Å². The zero-order chi connectivity index (χ0) is 14.1. The van der Waals surface area contributed by atoms with Crippen LogP contribution in [0.3, 0.4) is 0 Å². The van der Waals surface area contributed by atoms with E-state index < -0.39 is 18.3 Å². The van der Waals surface area contributed by atoms with Gasteiger partial charge in [-0.1, -0.05) is 0 Å². The lowest BCUT2D eigenvalue weighted by atomic mass is 9.97. The first-order valence-electron chi connectivity index (χ1n) is 5.78. The number of rotatable bonds is 9. The fourth-order valence-electron chi connectivity index (χ4n) is 1.67. The molecule has 0 saturated heterocycles. The van der Waals surface area contributed by atoms with Crippen LogP contribution in [0.2, 0.25) is 0 Å². The molecule has 19 heavy (non-hydrogen) atoms. The average Bonchev–Trinajstić information content (AvgIpc) is 2.42. The zero-order valence-electron chi connectivity index (χ0n) is 11.4. The molecule has 0 aromatic rings. The minimum absolute atomic E-state index is 0.00587. The fraction of sp³-hybridized carbons (Fsp3) is 0.750. The maximum absolute atomic E-state index is 11.8. The quantitative estimate of drug-likeness (QED) is 0.553. The summed E-state index contributed by atoms with van der Waals surface area (Å²) in [5.41, 5.74) is 0. The molecule has 0 unspecified atom stereocenters. The molecule has 7 heteroatoms. The van der Waals surface area contributed by atoms with Crippen LogP contribution in [0.25, 0.3) is 0 Å². The van der Waals surface area contributed by atoms with Crippen molar-refractivity contribution in [2.24, 2.45) is 0 Å². The summed E-state index contributed by atoms with van der Waals surface area (Å²) in [6.45, 7) is 0.118. The van der Waals surface area contributed by atoms with Gasteiger partial charge in [0, 0.05) is 21.3 Å². The number of hydrogen-bond acceptors (Lipinski definition) is 7. The number of carbonyl (C=O) groups excluding carboxylic acids is 1. The van der Waals surface area contributed by atoms with Crippen LogP contribution in [0.5, 0.6) is 0 Å². The first-order valence-corrected chi connectivity index (χ1v) is 5.78. The molecule has 7 nitrogen and oxygen atoms in total. The number of hydrogen-bond donors (Lipinski definition) is 0. The molecule has 0 radical (unpaired) electrons. The Balaban J connectivity index is 2.72. The first-order chi connectivity index (χ1) is 9.24. The summed E-state index contributed by atoms with van der Waals surface area (Å²) in [4.78, 5) is 11.8. The highest BCUT2D eigenvalue weighted by Gasteiger charge is 2.38. The van der Waals surface area contributed by atoms with Gasteiger partial charge in [-0.3, -0.25) is 4.79 Å². The maximum Gasteiger partial charge on any atom is 0.187 e. The van der Waals surface area contributed by atoms with E-state index in [1.807, 2.05) is 0 Å². The molecule has 1 rings (SSSR count). The molecular formula is C12H20O7. The standard InChI is InChI=1S/C12H20O7/c1-14-6-17-10-5-4-9(13)11(18-7-15-2)12(10)19-8-16-3/h4-5,10-12H,6-8H2,1-3H3/t10-,11-,12-/m0/s1. The van der Waals surface area contributed by atoms with Crippen LogP contribution in [0.4, 0.5) is 0 Å². The summed E-state index contributed by atoms with van der Waals surface area (Å²) in [5.74, 6) is -0.199. The molecule has 0 amide bonds. The minimum atomic E-state index is -0.790. The van der Waals surface area contributed by atoms with Crippen LogP contribution in [0.1, 0.15) is 0 Å². The van der Waals surface area contributed by atoms with E-state index in [1.165, 1.54) is 27.4 Å². The summed E-state index contributed by atoms with van der Waals surface area (Å²) in [7, 11) is 4.49. The number of ketones is 1. The van der Waals surface area contributed by atoms with Gasteiger partial charge in [0.15, 0.2) is 11.9 Å². The van der Waals surface area contributed by atoms with Gasteiger partial charge in [-0.2, -0.15) is 0 Å². The van der Waals surface area contributed by atoms with E-state index in [2.05, 4.69) is 0 Å². The Hall–Kier alpha value is -0.830. The Morgan fingerprint density at radius 3 is 2.16 bits per heavy atom. The zero-order valence-corrected chi connectivity index (χ0v) is 11.4. The smallest absolute Gasteiger partial charge is 0.187 e. The van der Waals surface area contributed by atoms with Crippen molar-refractivity contribution in [3.63, 3.8) is 0 Å². The molecular weight excluding hydrogens is 256 g/mol. The topological polar surface area (TPSA) is 72.5 Å². The number of ether oxygens (including phenoxy) is 6. The van der Waals surface area contributed by atoms with E-state index in [9.17, 15) is 4.79 Å². The molecule has 0 N–H and O–H groups in total. The Labute approximate surface area is 112 Å². The SMILES string of the molecule is COCO[C@H]1[C@@H](OCOC)C=CC(=O)[C@@H]1OCOC. The fourth-order valence-corrected chi connectivity index (χ4v) is 1.67. The highest BCUT2D eigenvalue weighted by molar-refractivity contribution is 5.95. The minimum Gasteiger partial charge on any atom is -0.359 e. The van der Waals surface area contributed by atoms with E-state index in [4.69, 9.17) is 28.4 Å². The van der Waals surface area contributed by atoms with Crippen molar-refractivity contribution in [1.82, 2.24) is 0 Å². The second-order valence-electron chi connectivity index (χ2n) is 3.83. The van der Waals surface area contributed by atoms with E-state index >= 15 is 0 Å². The Morgan fingerprint density at radius 2 is 1.53 bits per heavy atom. The maximum atomic E-state index is 11.8. The van der Waals surface area contributed by atoms with Crippen LogP contribution < -0.4 is 0 Å². The van der Waals surface area contributed by atoms with E-state index in [0.29, 0.717) is 0 Å². The van der Waals surface area contributed by atoms with Crippen LogP contribution in [-0.4, -0.2) is 65.8 Å². The van der Waals surface area contributed by atoms with Crippen LogP contribution in [0, 0.1) is 0 Å². The van der Waals surface area contributed by atoms with Gasteiger partial charge in [0.1, 0.15) is 32.6 Å². The first kappa shape index (κ1) is 16.2. The van der Waals surface area contributed by atoms with Crippen molar-refractivity contribution in [3.05, 3.63) is 12.2 Å². The second kappa shape index (κ2) is 9.13. The molecule has 0 fully saturated rings. The van der Waals surface area contributed by atoms with Crippen molar-refractivity contribution in [3.8, 4) is 0 Å². The highest BCUT2D eigenvalue weighted by atomic mass is 16.7. The van der Waals surface area contributed by atoms with Crippen molar-refractivity contribution in [2.45, 2.75) is 18.3 Å². The molecule has 0 aromatic carbocycles. The summed E-state index contributed by atoms with van der Waals surface area (Å²) in [6.07, 6.45) is 1.18. The largest absolute Gasteiger partial charge is 0.359 e. The Kier molecular flexibility index (Phi) is 7.80. The van der Waals surface area contributed by atoms with Gasteiger partial charge in [0.05, 0.1) is 0 Å². The lowest BCUT2D eigenvalue weighted by Gasteiger charge is -2.32. The van der Waals surface area contributed by atoms with Crippen LogP contribution >= 0.6 is 0 Å². The predicted octanol–water partition coefficient (Wildman–Crippen LogP) is 0.0926. The average molecular weight is 276 g/mol. The highest BCUT2D eigenvalue weighted by Crippen LogP contribution is 2.20. The third kappa shape index (κ3) is 4.98. The summed E-state index contributed by atoms with van der Waals surface area (Å²) in [6, 6.07) is 0. The third-order valence-electron chi connectivity index (χ3n) is 2.47. The van der Waals surface area contributed by atoms with Crippen LogP contribution in [0.15, 0.2) is 12.2 Å². The van der Waals surface area contributed by atoms with E-state index in [0.717, 1.165) is 0 Å². The third-order valence-corrected chi connectivity index (χ3v) is 2.47. The van der Waals surface area contributed by atoms with Crippen molar-refractivity contribution in [2.75, 3.05) is 41.7 Å². The molecule has 0 spiro atoms. The molecule has 0 heterocycles. The summed E-state index contributed by atoms with van der Waals surface area (Å²) in [5, 5.41) is 0. The molecule has 110 valence electrons. The Bertz CT molecular complexity index is 292. The molecule has 1 aliphatic rings. The number of methoxy groups -OCH3 is 3. The normalized spacial score (nSPS) is 26.9. The lowest BCUT2D eigenvalue weighted by Crippen LogP contribution is -2.49. The molecule has 1 aliphatic carbocycles. The van der Waals surface area contributed by atoms with Gasteiger partial charge in [0.25, 0.3) is 0 Å². The van der Waals surface area contributed by atoms with E-state index in [1.54, 1.807) is 6.08 Å². The summed E-state index contributed by atoms with van der Waals surface area (Å²) >= 11 is 0. The van der Waals surface area contributed by atoms with Gasteiger partial charge < -0.3 is 28.4 Å². The summed E-state index contributed by atoms with van der Waals surface area (Å²) < 4.78 is 30.8. The molecule has 0 saturated carbocycles. The van der Waals surface area contributed by atoms with Gasteiger partial charge in [0.2, 0.25) is 0 Å². The molecule has 0 bridgehead atoms. The van der Waals surface area contributed by atoms with Crippen molar-refractivity contribution >= 4 is 5.78 Å². The monoisotopic (exact) mass is 276 g/mol. The molecule has 3 atom stereocenters. The second-order valence-corrected chi connectivity index (χ2v) is 3.83. The van der Waals surface area contributed by atoms with Gasteiger partial charge >= 0.3 is 0 Å². The van der Waals surface area contributed by atoms with Crippen molar-refractivity contribution in [1.29, 1.82) is 0 Å². The number of carbonyl (C=O) groups is 1. The molecule has 0 aromatic heterocycles. The molecule has 0 aliphatic heterocycles. The van der Waals surface area contributed by atoms with Crippen molar-refractivity contribution < 1.29 is 33.2 Å². The predicted molar refractivity (Wildman–Crippen MR) is 64.4 cm³/mol. The van der Waals surface area contributed by atoms with Gasteiger partial charge in [-0.15, -0.1) is 0 Å². The Morgan fingerprint density at radius 1 is 0.947 bits per heavy atom. The van der Waals surface area contributed by atoms with Crippen LogP contribution in [-0.2, 0) is 33.2 Å². The lowest BCUT2D eigenvalue weighted by molar-refractivity contribution is -0.199.